The molecule has 5 heteroatoms. The predicted octanol–water partition coefficient (Wildman–Crippen LogP) is 2.38. The number of carbonyl (C=O) groups excluding carboxylic acids is 1. The van der Waals surface area contributed by atoms with Gasteiger partial charge in [0, 0.05) is 11.6 Å². The van der Waals surface area contributed by atoms with E-state index in [0.29, 0.717) is 17.4 Å². The van der Waals surface area contributed by atoms with Crippen LogP contribution in [0.25, 0.3) is 0 Å². The Morgan fingerprint density at radius 2 is 2.16 bits per heavy atom. The Balaban J connectivity index is 1.89. The molecule has 4 nitrogen and oxygen atoms in total. The maximum absolute atomic E-state index is 11.8. The molecule has 19 heavy (non-hydrogen) atoms. The number of para-hydroxylation sites is 1. The van der Waals surface area contributed by atoms with E-state index in [1.807, 2.05) is 12.1 Å². The average Bonchev–Trinajstić information content (AvgIpc) is 2.89. The Morgan fingerprint density at radius 3 is 2.84 bits per heavy atom. The third kappa shape index (κ3) is 3.94. The number of ether oxygens (including phenoxy) is 1. The van der Waals surface area contributed by atoms with Crippen LogP contribution in [0.4, 0.5) is 0 Å². The van der Waals surface area contributed by atoms with Gasteiger partial charge >= 0.3 is 0 Å². The van der Waals surface area contributed by atoms with Crippen molar-refractivity contribution in [3.05, 3.63) is 28.2 Å². The first-order valence-corrected chi connectivity index (χ1v) is 7.30. The van der Waals surface area contributed by atoms with Crippen molar-refractivity contribution >= 4 is 21.8 Å². The standard InChI is InChI=1S/C14H18BrNO3/c15-12-7-3-4-10(8-17)14(12)19-9-13(18)16-11-5-1-2-6-11/h3-4,7,11,17H,1-2,5-6,8-9H2,(H,16,18). The number of nitrogens with one attached hydrogen (secondary N) is 1. The molecule has 0 saturated heterocycles. The molecule has 1 aromatic rings. The first-order valence-electron chi connectivity index (χ1n) is 6.51. The van der Waals surface area contributed by atoms with E-state index < -0.39 is 0 Å². The zero-order valence-corrected chi connectivity index (χ0v) is 12.3. The normalized spacial score (nSPS) is 15.5. The van der Waals surface area contributed by atoms with Gasteiger partial charge in [0.05, 0.1) is 11.1 Å². The van der Waals surface area contributed by atoms with Crippen LogP contribution < -0.4 is 10.1 Å². The van der Waals surface area contributed by atoms with Crippen molar-refractivity contribution in [3.63, 3.8) is 0 Å². The highest BCUT2D eigenvalue weighted by Gasteiger charge is 2.17. The summed E-state index contributed by atoms with van der Waals surface area (Å²) in [7, 11) is 0. The van der Waals surface area contributed by atoms with E-state index in [9.17, 15) is 9.90 Å². The van der Waals surface area contributed by atoms with Gasteiger partial charge in [-0.15, -0.1) is 0 Å². The van der Waals surface area contributed by atoms with Gasteiger partial charge in [0.2, 0.25) is 0 Å². The Kier molecular flexibility index (Phi) is 5.22. The molecule has 2 N–H and O–H groups in total. The molecule has 0 unspecified atom stereocenters. The molecule has 0 spiro atoms. The van der Waals surface area contributed by atoms with Crippen molar-refractivity contribution in [2.75, 3.05) is 6.61 Å². The highest BCUT2D eigenvalue weighted by molar-refractivity contribution is 9.10. The summed E-state index contributed by atoms with van der Waals surface area (Å²) in [6.45, 7) is -0.134. The molecule has 0 atom stereocenters. The van der Waals surface area contributed by atoms with Crippen LogP contribution in [0.1, 0.15) is 31.2 Å². The lowest BCUT2D eigenvalue weighted by Gasteiger charge is -2.14. The smallest absolute Gasteiger partial charge is 0.258 e. The molecule has 0 radical (unpaired) electrons. The van der Waals surface area contributed by atoms with Crippen molar-refractivity contribution < 1.29 is 14.6 Å². The van der Waals surface area contributed by atoms with Crippen LogP contribution in [-0.4, -0.2) is 23.7 Å². The van der Waals surface area contributed by atoms with Crippen molar-refractivity contribution in [3.8, 4) is 5.75 Å². The molecule has 0 aliphatic heterocycles. The van der Waals surface area contributed by atoms with Crippen LogP contribution in [0.3, 0.4) is 0 Å². The molecule has 1 aromatic carbocycles. The van der Waals surface area contributed by atoms with E-state index >= 15 is 0 Å². The fourth-order valence-electron chi connectivity index (χ4n) is 2.32. The van der Waals surface area contributed by atoms with Crippen LogP contribution in [0.2, 0.25) is 0 Å². The lowest BCUT2D eigenvalue weighted by Crippen LogP contribution is -2.36. The molecule has 104 valence electrons. The summed E-state index contributed by atoms with van der Waals surface area (Å²) in [6.07, 6.45) is 4.49. The molecule has 2 rings (SSSR count). The van der Waals surface area contributed by atoms with Crippen LogP contribution in [-0.2, 0) is 11.4 Å². The van der Waals surface area contributed by atoms with Gasteiger partial charge in [0.25, 0.3) is 5.91 Å². The van der Waals surface area contributed by atoms with Gasteiger partial charge in [0.15, 0.2) is 6.61 Å². The fourth-order valence-corrected chi connectivity index (χ4v) is 2.84. The summed E-state index contributed by atoms with van der Waals surface area (Å²) in [5.41, 5.74) is 0.669. The monoisotopic (exact) mass is 327 g/mol. The topological polar surface area (TPSA) is 58.6 Å². The molecule has 1 aliphatic rings. The first kappa shape index (κ1) is 14.3. The highest BCUT2D eigenvalue weighted by Crippen LogP contribution is 2.29. The second kappa shape index (κ2) is 6.91. The van der Waals surface area contributed by atoms with E-state index in [1.54, 1.807) is 6.07 Å². The Morgan fingerprint density at radius 1 is 1.42 bits per heavy atom. The third-order valence-electron chi connectivity index (χ3n) is 3.29. The minimum absolute atomic E-state index is 0.0217. The molecular weight excluding hydrogens is 310 g/mol. The number of aliphatic hydroxyl groups is 1. The van der Waals surface area contributed by atoms with Crippen molar-refractivity contribution in [1.82, 2.24) is 5.32 Å². The first-order chi connectivity index (χ1) is 9.20. The second-order valence-corrected chi connectivity index (χ2v) is 5.58. The summed E-state index contributed by atoms with van der Waals surface area (Å²) >= 11 is 3.36. The van der Waals surface area contributed by atoms with Gasteiger partial charge in [-0.2, -0.15) is 0 Å². The number of amides is 1. The minimum Gasteiger partial charge on any atom is -0.482 e. The molecule has 0 bridgehead atoms. The molecule has 0 heterocycles. The van der Waals surface area contributed by atoms with E-state index in [2.05, 4.69) is 21.2 Å². The van der Waals surface area contributed by atoms with Crippen LogP contribution >= 0.6 is 15.9 Å². The maximum Gasteiger partial charge on any atom is 0.258 e. The van der Waals surface area contributed by atoms with E-state index in [-0.39, 0.29) is 19.1 Å². The molecule has 1 fully saturated rings. The Bertz CT molecular complexity index is 444. The Hall–Kier alpha value is -1.07. The van der Waals surface area contributed by atoms with Gasteiger partial charge in [-0.05, 0) is 34.8 Å². The summed E-state index contributed by atoms with van der Waals surface area (Å²) < 4.78 is 6.26. The van der Waals surface area contributed by atoms with Gasteiger partial charge in [-0.3, -0.25) is 4.79 Å². The maximum atomic E-state index is 11.8. The van der Waals surface area contributed by atoms with Crippen molar-refractivity contribution in [2.45, 2.75) is 38.3 Å². The fraction of sp³-hybridized carbons (Fsp3) is 0.500. The van der Waals surface area contributed by atoms with Crippen molar-refractivity contribution in [2.24, 2.45) is 0 Å². The molecular formula is C14H18BrNO3. The summed E-state index contributed by atoms with van der Waals surface area (Å²) in [6, 6.07) is 5.71. The lowest BCUT2D eigenvalue weighted by molar-refractivity contribution is -0.123. The van der Waals surface area contributed by atoms with E-state index in [4.69, 9.17) is 4.74 Å². The molecule has 0 aromatic heterocycles. The number of halogens is 1. The van der Waals surface area contributed by atoms with Gasteiger partial charge in [0.1, 0.15) is 5.75 Å². The second-order valence-electron chi connectivity index (χ2n) is 4.72. The zero-order chi connectivity index (χ0) is 13.7. The summed E-state index contributed by atoms with van der Waals surface area (Å²) in [5, 5.41) is 12.2. The SMILES string of the molecule is O=C(COc1c(Br)cccc1CO)NC1CCCC1. The zero-order valence-electron chi connectivity index (χ0n) is 10.7. The third-order valence-corrected chi connectivity index (χ3v) is 3.91. The van der Waals surface area contributed by atoms with Gasteiger partial charge in [-0.25, -0.2) is 0 Å². The van der Waals surface area contributed by atoms with Crippen LogP contribution in [0, 0.1) is 0 Å². The van der Waals surface area contributed by atoms with Crippen LogP contribution in [0.15, 0.2) is 22.7 Å². The molecule has 1 saturated carbocycles. The minimum atomic E-state index is -0.112. The molecule has 1 amide bonds. The lowest BCUT2D eigenvalue weighted by atomic mass is 10.2. The highest BCUT2D eigenvalue weighted by atomic mass is 79.9. The largest absolute Gasteiger partial charge is 0.482 e. The Labute approximate surface area is 121 Å². The average molecular weight is 328 g/mol. The van der Waals surface area contributed by atoms with Gasteiger partial charge < -0.3 is 15.2 Å². The number of benzene rings is 1. The quantitative estimate of drug-likeness (QED) is 0.872. The number of rotatable bonds is 5. The summed E-state index contributed by atoms with van der Waals surface area (Å²) in [4.78, 5) is 11.8. The van der Waals surface area contributed by atoms with Crippen molar-refractivity contribution in [1.29, 1.82) is 0 Å². The molecule has 1 aliphatic carbocycles. The number of hydrogen-bond donors (Lipinski definition) is 2. The van der Waals surface area contributed by atoms with E-state index in [1.165, 1.54) is 12.8 Å². The number of hydrogen-bond acceptors (Lipinski definition) is 3. The number of aliphatic hydroxyl groups excluding tert-OH is 1. The predicted molar refractivity (Wildman–Crippen MR) is 76.0 cm³/mol. The van der Waals surface area contributed by atoms with Crippen LogP contribution in [0.5, 0.6) is 5.75 Å². The van der Waals surface area contributed by atoms with Gasteiger partial charge in [-0.1, -0.05) is 25.0 Å². The summed E-state index contributed by atoms with van der Waals surface area (Å²) in [5.74, 6) is 0.429. The number of carbonyl (C=O) groups is 1. The van der Waals surface area contributed by atoms with E-state index in [0.717, 1.165) is 17.3 Å².